The Kier molecular flexibility index (Phi) is 7.37. The second-order valence-corrected chi connectivity index (χ2v) is 12.7. The van der Waals surface area contributed by atoms with E-state index < -0.39 is 5.41 Å². The van der Waals surface area contributed by atoms with Crippen LogP contribution >= 0.6 is 0 Å². The number of ether oxygens (including phenoxy) is 4. The van der Waals surface area contributed by atoms with Crippen molar-refractivity contribution in [3.8, 4) is 28.7 Å². The zero-order valence-corrected chi connectivity index (χ0v) is 26.6. The van der Waals surface area contributed by atoms with Crippen LogP contribution < -0.4 is 18.9 Å². The van der Waals surface area contributed by atoms with E-state index in [-0.39, 0.29) is 29.4 Å². The van der Waals surface area contributed by atoms with Gasteiger partial charge < -0.3 is 24.1 Å². The van der Waals surface area contributed by atoms with Crippen molar-refractivity contribution < 1.29 is 28.8 Å². The highest BCUT2D eigenvalue weighted by Crippen LogP contribution is 2.58. The molecule has 3 aromatic rings. The first kappa shape index (κ1) is 29.4. The normalized spacial score (nSPS) is 23.8. The largest absolute Gasteiger partial charge is 0.504 e. The molecule has 8 heteroatoms. The smallest absolute Gasteiger partial charge is 0.220 e. The third-order valence-corrected chi connectivity index (χ3v) is 10.2. The Balaban J connectivity index is 1.16. The van der Waals surface area contributed by atoms with Crippen molar-refractivity contribution in [1.29, 1.82) is 0 Å². The fraction of sp³-hybridized carbons (Fsp3) is 0.378. The van der Waals surface area contributed by atoms with Gasteiger partial charge in [0.2, 0.25) is 5.78 Å². The SMILES string of the molecule is COc1cc2c(cc1OC)[C@H](Cc1ccc(OC3=C[C@@]4(C=CC3=O)C[C@@H]3c5c(cc(OC)c(O)c54)CCN3C)cc1)N(C)CC2. The average molecular weight is 609 g/mol. The summed E-state index contributed by atoms with van der Waals surface area (Å²) in [5, 5.41) is 11.4. The molecule has 8 nitrogen and oxygen atoms in total. The highest BCUT2D eigenvalue weighted by Gasteiger charge is 2.49. The number of phenols is 1. The van der Waals surface area contributed by atoms with Crippen molar-refractivity contribution in [2.75, 3.05) is 48.5 Å². The Morgan fingerprint density at radius 2 is 1.56 bits per heavy atom. The Bertz CT molecular complexity index is 1730. The summed E-state index contributed by atoms with van der Waals surface area (Å²) in [6, 6.07) is 14.5. The summed E-state index contributed by atoms with van der Waals surface area (Å²) in [6.07, 6.45) is 8.80. The predicted octanol–water partition coefficient (Wildman–Crippen LogP) is 5.46. The van der Waals surface area contributed by atoms with E-state index in [1.165, 1.54) is 22.3 Å². The lowest BCUT2D eigenvalue weighted by atomic mass is 9.77. The fourth-order valence-corrected chi connectivity index (χ4v) is 7.77. The fourth-order valence-electron chi connectivity index (χ4n) is 7.77. The topological polar surface area (TPSA) is 80.7 Å². The van der Waals surface area contributed by atoms with Crippen LogP contribution in [0, 0.1) is 0 Å². The Morgan fingerprint density at radius 1 is 0.889 bits per heavy atom. The lowest BCUT2D eigenvalue weighted by Crippen LogP contribution is -2.33. The van der Waals surface area contributed by atoms with Gasteiger partial charge in [-0.3, -0.25) is 14.6 Å². The average Bonchev–Trinajstić information content (AvgIpc) is 3.39. The molecule has 0 fully saturated rings. The minimum absolute atomic E-state index is 0.137. The van der Waals surface area contributed by atoms with E-state index in [0.29, 0.717) is 11.5 Å². The van der Waals surface area contributed by atoms with Gasteiger partial charge >= 0.3 is 0 Å². The molecule has 2 heterocycles. The molecule has 2 aliphatic carbocycles. The van der Waals surface area contributed by atoms with Gasteiger partial charge in [0.1, 0.15) is 5.75 Å². The molecule has 0 radical (unpaired) electrons. The first-order valence-electron chi connectivity index (χ1n) is 15.6. The van der Waals surface area contributed by atoms with Gasteiger partial charge in [-0.25, -0.2) is 0 Å². The molecule has 7 rings (SSSR count). The number of ketones is 1. The highest BCUT2D eigenvalue weighted by molar-refractivity contribution is 6.04. The number of hydrogen-bond donors (Lipinski definition) is 1. The molecule has 45 heavy (non-hydrogen) atoms. The maximum Gasteiger partial charge on any atom is 0.220 e. The number of fused-ring (bicyclic) bond motifs is 2. The second kappa shape index (κ2) is 11.3. The molecule has 0 bridgehead atoms. The molecule has 2 aliphatic heterocycles. The van der Waals surface area contributed by atoms with Gasteiger partial charge in [-0.2, -0.15) is 0 Å². The van der Waals surface area contributed by atoms with Crippen molar-refractivity contribution in [3.63, 3.8) is 0 Å². The molecule has 234 valence electrons. The monoisotopic (exact) mass is 608 g/mol. The van der Waals surface area contributed by atoms with E-state index in [0.717, 1.165) is 61.4 Å². The number of aromatic hydroxyl groups is 1. The van der Waals surface area contributed by atoms with Crippen LogP contribution in [0.5, 0.6) is 28.7 Å². The number of benzene rings is 3. The van der Waals surface area contributed by atoms with Crippen LogP contribution in [0.1, 0.15) is 51.9 Å². The molecule has 1 N–H and O–H groups in total. The van der Waals surface area contributed by atoms with Crippen LogP contribution in [0.2, 0.25) is 0 Å². The van der Waals surface area contributed by atoms with Crippen LogP contribution in [-0.4, -0.2) is 69.2 Å². The number of allylic oxidation sites excluding steroid dienone is 3. The van der Waals surface area contributed by atoms with Gasteiger partial charge in [0.05, 0.1) is 21.3 Å². The molecule has 0 unspecified atom stereocenters. The number of likely N-dealkylation sites (N-methyl/N-ethyl adjacent to an activating group) is 2. The van der Waals surface area contributed by atoms with Gasteiger partial charge in [0, 0.05) is 36.2 Å². The molecule has 3 atom stereocenters. The van der Waals surface area contributed by atoms with E-state index in [9.17, 15) is 9.90 Å². The van der Waals surface area contributed by atoms with Crippen LogP contribution in [0.25, 0.3) is 0 Å². The summed E-state index contributed by atoms with van der Waals surface area (Å²) in [5.74, 6) is 2.78. The van der Waals surface area contributed by atoms with E-state index in [4.69, 9.17) is 18.9 Å². The first-order valence-corrected chi connectivity index (χ1v) is 15.6. The van der Waals surface area contributed by atoms with Crippen molar-refractivity contribution in [1.82, 2.24) is 9.80 Å². The van der Waals surface area contributed by atoms with Crippen molar-refractivity contribution in [3.05, 3.63) is 99.8 Å². The highest BCUT2D eigenvalue weighted by atomic mass is 16.5. The molecule has 0 saturated carbocycles. The van der Waals surface area contributed by atoms with Crippen LogP contribution in [0.15, 0.2) is 66.5 Å². The zero-order valence-electron chi connectivity index (χ0n) is 26.6. The Hall–Kier alpha value is -4.27. The van der Waals surface area contributed by atoms with Crippen molar-refractivity contribution in [2.24, 2.45) is 0 Å². The summed E-state index contributed by atoms with van der Waals surface area (Å²) in [6.45, 7) is 1.88. The van der Waals surface area contributed by atoms with E-state index >= 15 is 0 Å². The van der Waals surface area contributed by atoms with E-state index in [1.54, 1.807) is 27.4 Å². The number of carbonyl (C=O) groups excluding carboxylic acids is 1. The summed E-state index contributed by atoms with van der Waals surface area (Å²) in [5.41, 5.74) is 6.20. The summed E-state index contributed by atoms with van der Waals surface area (Å²) in [4.78, 5) is 17.8. The number of carbonyl (C=O) groups is 1. The standard InChI is InChI=1S/C37H40N2O6/c1-38-14-11-23-17-30(42-3)31(43-4)19-26(23)27(38)16-22-6-8-25(9-7-22)45-33-21-37(13-10-29(33)40)20-28-34-24(12-15-39(28)2)18-32(44-5)36(41)35(34)37/h6-10,13,17-19,21,27-28,41H,11-12,14-16,20H2,1-5H3/t27-,28+,37+/m0/s1. The summed E-state index contributed by atoms with van der Waals surface area (Å²) < 4.78 is 23.0. The minimum Gasteiger partial charge on any atom is -0.504 e. The molecule has 0 aromatic heterocycles. The Morgan fingerprint density at radius 3 is 2.29 bits per heavy atom. The summed E-state index contributed by atoms with van der Waals surface area (Å²) >= 11 is 0. The number of phenolic OH excluding ortho intramolecular Hbond substituents is 1. The molecule has 0 saturated heterocycles. The van der Waals surface area contributed by atoms with Crippen LogP contribution in [-0.2, 0) is 29.5 Å². The first-order chi connectivity index (χ1) is 21.7. The third kappa shape index (κ3) is 4.87. The number of rotatable bonds is 7. The van der Waals surface area contributed by atoms with E-state index in [1.807, 2.05) is 30.4 Å². The number of hydrogen-bond acceptors (Lipinski definition) is 8. The maximum atomic E-state index is 13.1. The lowest BCUT2D eigenvalue weighted by Gasteiger charge is -2.35. The van der Waals surface area contributed by atoms with Gasteiger partial charge in [-0.15, -0.1) is 0 Å². The van der Waals surface area contributed by atoms with E-state index in [2.05, 4.69) is 48.2 Å². The third-order valence-electron chi connectivity index (χ3n) is 10.2. The molecule has 0 amide bonds. The molecule has 3 aromatic carbocycles. The van der Waals surface area contributed by atoms with Crippen molar-refractivity contribution >= 4 is 5.78 Å². The zero-order chi connectivity index (χ0) is 31.5. The van der Waals surface area contributed by atoms with Crippen molar-refractivity contribution in [2.45, 2.75) is 43.2 Å². The lowest BCUT2D eigenvalue weighted by molar-refractivity contribution is -0.113. The van der Waals surface area contributed by atoms with Gasteiger partial charge in [0.25, 0.3) is 0 Å². The van der Waals surface area contributed by atoms with Crippen LogP contribution in [0.3, 0.4) is 0 Å². The number of nitrogens with zero attached hydrogens (tertiary/aromatic N) is 2. The Labute approximate surface area is 264 Å². The minimum atomic E-state index is -0.669. The summed E-state index contributed by atoms with van der Waals surface area (Å²) in [7, 11) is 9.20. The second-order valence-electron chi connectivity index (χ2n) is 12.7. The van der Waals surface area contributed by atoms with Crippen LogP contribution in [0.4, 0.5) is 0 Å². The quantitative estimate of drug-likeness (QED) is 0.379. The molecule has 4 aliphatic rings. The number of methoxy groups -OCH3 is 3. The van der Waals surface area contributed by atoms with Gasteiger partial charge in [0.15, 0.2) is 28.8 Å². The predicted molar refractivity (Wildman–Crippen MR) is 172 cm³/mol. The molecular formula is C37H40N2O6. The van der Waals surface area contributed by atoms with Gasteiger partial charge in [-0.1, -0.05) is 18.2 Å². The van der Waals surface area contributed by atoms with Gasteiger partial charge in [-0.05, 0) is 110 Å². The molecular weight excluding hydrogens is 568 g/mol. The molecule has 1 spiro atoms. The maximum absolute atomic E-state index is 13.1.